The average molecular weight is 298 g/mol. The van der Waals surface area contributed by atoms with Crippen LogP contribution in [0.15, 0.2) is 25.3 Å². The van der Waals surface area contributed by atoms with Crippen LogP contribution in [0.1, 0.15) is 6.92 Å². The van der Waals surface area contributed by atoms with Crippen LogP contribution in [0.3, 0.4) is 0 Å². The van der Waals surface area contributed by atoms with Crippen molar-refractivity contribution in [2.75, 3.05) is 32.7 Å². The highest BCUT2D eigenvalue weighted by molar-refractivity contribution is 7.80. The van der Waals surface area contributed by atoms with Gasteiger partial charge in [-0.1, -0.05) is 12.2 Å². The van der Waals surface area contributed by atoms with E-state index in [0.29, 0.717) is 19.1 Å². The lowest BCUT2D eigenvalue weighted by Gasteiger charge is -2.42. The Morgan fingerprint density at radius 1 is 1.16 bits per heavy atom. The molecule has 1 fully saturated rings. The van der Waals surface area contributed by atoms with Crippen LogP contribution in [0, 0.1) is 0 Å². The van der Waals surface area contributed by atoms with Crippen molar-refractivity contribution < 1.29 is 0 Å². The Labute approximate surface area is 126 Å². The van der Waals surface area contributed by atoms with Gasteiger partial charge in [-0.2, -0.15) is 0 Å². The van der Waals surface area contributed by atoms with Gasteiger partial charge in [-0.3, -0.25) is 0 Å². The van der Waals surface area contributed by atoms with E-state index in [2.05, 4.69) is 40.5 Å². The molecule has 19 heavy (non-hydrogen) atoms. The monoisotopic (exact) mass is 298 g/mol. The summed E-state index contributed by atoms with van der Waals surface area (Å²) in [7, 11) is 0. The van der Waals surface area contributed by atoms with Crippen LogP contribution >= 0.6 is 24.4 Å². The quantitative estimate of drug-likeness (QED) is 0.597. The van der Waals surface area contributed by atoms with Gasteiger partial charge in [0.2, 0.25) is 0 Å². The van der Waals surface area contributed by atoms with Crippen molar-refractivity contribution >= 4 is 34.7 Å². The summed E-state index contributed by atoms with van der Waals surface area (Å²) < 4.78 is 0. The predicted molar refractivity (Wildman–Crippen MR) is 89.3 cm³/mol. The third-order valence-corrected chi connectivity index (χ3v) is 3.75. The second-order valence-electron chi connectivity index (χ2n) is 4.44. The molecule has 1 aliphatic rings. The van der Waals surface area contributed by atoms with E-state index in [1.54, 1.807) is 6.08 Å². The molecule has 0 aromatic heterocycles. The molecular formula is C13H22N4S2. The molecule has 0 unspecified atom stereocenters. The normalized spacial score (nSPS) is 18.7. The summed E-state index contributed by atoms with van der Waals surface area (Å²) in [6, 6.07) is 0.335. The number of piperazine rings is 1. The molecule has 106 valence electrons. The molecule has 0 amide bonds. The summed E-state index contributed by atoms with van der Waals surface area (Å²) in [5.41, 5.74) is 0. The maximum Gasteiger partial charge on any atom is 0.169 e. The Morgan fingerprint density at radius 2 is 1.74 bits per heavy atom. The number of hydrogen-bond acceptors (Lipinski definition) is 2. The summed E-state index contributed by atoms with van der Waals surface area (Å²) in [5, 5.41) is 7.91. The van der Waals surface area contributed by atoms with E-state index in [1.807, 2.05) is 6.08 Å². The second-order valence-corrected chi connectivity index (χ2v) is 5.21. The first-order valence-corrected chi connectivity index (χ1v) is 7.20. The van der Waals surface area contributed by atoms with Gasteiger partial charge < -0.3 is 20.4 Å². The van der Waals surface area contributed by atoms with E-state index in [-0.39, 0.29) is 0 Å². The standard InChI is InChI=1S/C13H22N4S2/c1-4-6-14-12(18)16-8-9-17(11(3)10-16)13(19)15-7-5-2/h4-5,11H,1-2,6-10H2,3H3,(H,14,18)(H,15,19)/t11-/m0/s1. The topological polar surface area (TPSA) is 30.5 Å². The molecule has 1 rings (SSSR count). The molecule has 0 radical (unpaired) electrons. The highest BCUT2D eigenvalue weighted by Crippen LogP contribution is 2.10. The lowest BCUT2D eigenvalue weighted by atomic mass is 10.2. The Hall–Kier alpha value is -1.14. The molecule has 0 aromatic rings. The van der Waals surface area contributed by atoms with Gasteiger partial charge in [0.1, 0.15) is 0 Å². The van der Waals surface area contributed by atoms with E-state index in [0.717, 1.165) is 29.9 Å². The highest BCUT2D eigenvalue weighted by atomic mass is 32.1. The third-order valence-electron chi connectivity index (χ3n) is 2.97. The minimum atomic E-state index is 0.335. The van der Waals surface area contributed by atoms with Gasteiger partial charge in [-0.25, -0.2) is 0 Å². The van der Waals surface area contributed by atoms with Gasteiger partial charge >= 0.3 is 0 Å². The summed E-state index contributed by atoms with van der Waals surface area (Å²) in [6.45, 7) is 13.5. The molecule has 1 aliphatic heterocycles. The molecular weight excluding hydrogens is 276 g/mol. The minimum absolute atomic E-state index is 0.335. The first-order chi connectivity index (χ1) is 9.10. The van der Waals surface area contributed by atoms with Crippen LogP contribution in [-0.4, -0.2) is 58.8 Å². The summed E-state index contributed by atoms with van der Waals surface area (Å²) in [5.74, 6) is 0. The molecule has 2 N–H and O–H groups in total. The van der Waals surface area contributed by atoms with E-state index in [4.69, 9.17) is 24.4 Å². The zero-order chi connectivity index (χ0) is 14.3. The molecule has 0 spiro atoms. The van der Waals surface area contributed by atoms with Crippen molar-refractivity contribution in [3.63, 3.8) is 0 Å². The number of rotatable bonds is 4. The van der Waals surface area contributed by atoms with Crippen molar-refractivity contribution in [3.05, 3.63) is 25.3 Å². The van der Waals surface area contributed by atoms with E-state index in [1.165, 1.54) is 0 Å². The summed E-state index contributed by atoms with van der Waals surface area (Å²) in [4.78, 5) is 4.38. The second kappa shape index (κ2) is 8.12. The third kappa shape index (κ3) is 4.80. The molecule has 4 nitrogen and oxygen atoms in total. The SMILES string of the molecule is C=CCNC(=S)N1CCN(C(=S)NCC=C)[C@@H](C)C1. The maximum absolute atomic E-state index is 5.38. The fourth-order valence-electron chi connectivity index (χ4n) is 1.98. The zero-order valence-corrected chi connectivity index (χ0v) is 13.0. The van der Waals surface area contributed by atoms with Gasteiger partial charge in [0.05, 0.1) is 0 Å². The van der Waals surface area contributed by atoms with Crippen LogP contribution in [0.25, 0.3) is 0 Å². The number of nitrogens with one attached hydrogen (secondary N) is 2. The van der Waals surface area contributed by atoms with Crippen molar-refractivity contribution in [1.29, 1.82) is 0 Å². The van der Waals surface area contributed by atoms with E-state index in [9.17, 15) is 0 Å². The van der Waals surface area contributed by atoms with E-state index < -0.39 is 0 Å². The van der Waals surface area contributed by atoms with Crippen LogP contribution in [-0.2, 0) is 0 Å². The van der Waals surface area contributed by atoms with Crippen molar-refractivity contribution in [2.45, 2.75) is 13.0 Å². The Bertz CT molecular complexity index is 357. The molecule has 6 heteroatoms. The van der Waals surface area contributed by atoms with E-state index >= 15 is 0 Å². The molecule has 0 aromatic carbocycles. The zero-order valence-electron chi connectivity index (χ0n) is 11.4. The lowest BCUT2D eigenvalue weighted by Crippen LogP contribution is -2.59. The smallest absolute Gasteiger partial charge is 0.169 e. The minimum Gasteiger partial charge on any atom is -0.359 e. The Morgan fingerprint density at radius 3 is 2.26 bits per heavy atom. The van der Waals surface area contributed by atoms with Gasteiger partial charge in [0.25, 0.3) is 0 Å². The van der Waals surface area contributed by atoms with Gasteiger partial charge in [-0.05, 0) is 31.4 Å². The molecule has 0 bridgehead atoms. The maximum atomic E-state index is 5.38. The Balaban J connectivity index is 2.46. The van der Waals surface area contributed by atoms with Crippen molar-refractivity contribution in [3.8, 4) is 0 Å². The summed E-state index contributed by atoms with van der Waals surface area (Å²) >= 11 is 10.7. The van der Waals surface area contributed by atoms with Gasteiger partial charge in [0.15, 0.2) is 10.2 Å². The largest absolute Gasteiger partial charge is 0.359 e. The van der Waals surface area contributed by atoms with Crippen LogP contribution in [0.4, 0.5) is 0 Å². The number of hydrogen-bond donors (Lipinski definition) is 2. The molecule has 1 heterocycles. The fourth-order valence-corrected chi connectivity index (χ4v) is 2.58. The molecule has 1 atom stereocenters. The molecule has 1 saturated heterocycles. The average Bonchev–Trinajstić information content (AvgIpc) is 2.41. The number of thiocarbonyl (C=S) groups is 2. The highest BCUT2D eigenvalue weighted by Gasteiger charge is 2.26. The van der Waals surface area contributed by atoms with Gasteiger partial charge in [0, 0.05) is 38.8 Å². The summed E-state index contributed by atoms with van der Waals surface area (Å²) in [6.07, 6.45) is 3.61. The van der Waals surface area contributed by atoms with Crippen LogP contribution in [0.5, 0.6) is 0 Å². The predicted octanol–water partition coefficient (Wildman–Crippen LogP) is 1.11. The Kier molecular flexibility index (Phi) is 6.80. The van der Waals surface area contributed by atoms with Crippen LogP contribution < -0.4 is 10.6 Å². The lowest BCUT2D eigenvalue weighted by molar-refractivity contribution is 0.193. The van der Waals surface area contributed by atoms with Crippen molar-refractivity contribution in [2.24, 2.45) is 0 Å². The number of nitrogens with zero attached hydrogens (tertiary/aromatic N) is 2. The first kappa shape index (κ1) is 15.9. The molecule has 0 saturated carbocycles. The fraction of sp³-hybridized carbons (Fsp3) is 0.538. The first-order valence-electron chi connectivity index (χ1n) is 6.39. The van der Waals surface area contributed by atoms with Gasteiger partial charge in [-0.15, -0.1) is 13.2 Å². The molecule has 0 aliphatic carbocycles. The van der Waals surface area contributed by atoms with Crippen LogP contribution in [0.2, 0.25) is 0 Å². The van der Waals surface area contributed by atoms with Crippen molar-refractivity contribution in [1.82, 2.24) is 20.4 Å².